The van der Waals surface area contributed by atoms with Gasteiger partial charge >= 0.3 is 0 Å². The average Bonchev–Trinajstić information content (AvgIpc) is 2.57. The lowest BCUT2D eigenvalue weighted by atomic mass is 10.1. The fourth-order valence-corrected chi connectivity index (χ4v) is 2.42. The highest BCUT2D eigenvalue weighted by Gasteiger charge is 2.01. The van der Waals surface area contributed by atoms with Gasteiger partial charge in [0, 0.05) is 5.02 Å². The van der Waals surface area contributed by atoms with Gasteiger partial charge in [0.05, 0.1) is 12.6 Å². The summed E-state index contributed by atoms with van der Waals surface area (Å²) in [6.07, 6.45) is 1.92. The van der Waals surface area contributed by atoms with Gasteiger partial charge in [-0.25, -0.2) is 5.43 Å². The van der Waals surface area contributed by atoms with Crippen molar-refractivity contribution in [3.63, 3.8) is 0 Å². The van der Waals surface area contributed by atoms with Gasteiger partial charge in [-0.2, -0.15) is 5.10 Å². The van der Waals surface area contributed by atoms with Crippen molar-refractivity contribution >= 4 is 34.5 Å². The predicted octanol–water partition coefficient (Wildman–Crippen LogP) is 4.19. The van der Waals surface area contributed by atoms with Gasteiger partial charge in [-0.15, -0.1) is 0 Å². The number of hydrogen-bond acceptors (Lipinski definition) is 2. The van der Waals surface area contributed by atoms with Crippen LogP contribution in [0.2, 0.25) is 5.02 Å². The number of rotatable bonds is 4. The molecular weight excluding hydrogens is 308 g/mol. The standard InChI is InChI=1S/C19H15ClN2O/c20-18-9-6-14(7-10-18)12-19(23)22-21-13-15-5-8-16-3-1-2-4-17(16)11-15/h1-11,13H,12H2,(H,22,23)/b21-13+. The number of hydrazone groups is 1. The molecule has 0 radical (unpaired) electrons. The number of hydrogen-bond donors (Lipinski definition) is 1. The fourth-order valence-electron chi connectivity index (χ4n) is 2.29. The summed E-state index contributed by atoms with van der Waals surface area (Å²) in [5.74, 6) is -0.163. The van der Waals surface area contributed by atoms with Gasteiger partial charge in [-0.3, -0.25) is 4.79 Å². The molecule has 0 fully saturated rings. The van der Waals surface area contributed by atoms with Gasteiger partial charge in [0.2, 0.25) is 5.91 Å². The van der Waals surface area contributed by atoms with E-state index in [1.807, 2.05) is 48.5 Å². The van der Waals surface area contributed by atoms with Crippen molar-refractivity contribution in [3.05, 3.63) is 82.9 Å². The minimum absolute atomic E-state index is 0.163. The number of amides is 1. The zero-order chi connectivity index (χ0) is 16.1. The molecule has 23 heavy (non-hydrogen) atoms. The Morgan fingerprint density at radius 2 is 1.74 bits per heavy atom. The van der Waals surface area contributed by atoms with Crippen molar-refractivity contribution in [2.45, 2.75) is 6.42 Å². The maximum Gasteiger partial charge on any atom is 0.244 e. The molecular formula is C19H15ClN2O. The van der Waals surface area contributed by atoms with Gasteiger partial charge < -0.3 is 0 Å². The molecule has 3 aromatic rings. The molecule has 0 saturated carbocycles. The lowest BCUT2D eigenvalue weighted by molar-refractivity contribution is -0.120. The quantitative estimate of drug-likeness (QED) is 0.568. The monoisotopic (exact) mass is 322 g/mol. The van der Waals surface area contributed by atoms with Gasteiger partial charge in [0.1, 0.15) is 0 Å². The van der Waals surface area contributed by atoms with Crippen LogP contribution in [-0.4, -0.2) is 12.1 Å². The zero-order valence-electron chi connectivity index (χ0n) is 12.4. The first-order valence-corrected chi connectivity index (χ1v) is 7.64. The van der Waals surface area contributed by atoms with Gasteiger partial charge in [-0.1, -0.05) is 60.1 Å². The zero-order valence-corrected chi connectivity index (χ0v) is 13.1. The first kappa shape index (κ1) is 15.3. The van der Waals surface area contributed by atoms with Crippen LogP contribution in [0.25, 0.3) is 10.8 Å². The molecule has 0 aliphatic rings. The summed E-state index contributed by atoms with van der Waals surface area (Å²) in [5, 5.41) is 6.99. The van der Waals surface area contributed by atoms with Crippen LogP contribution in [-0.2, 0) is 11.2 Å². The average molecular weight is 323 g/mol. The molecule has 114 valence electrons. The maximum absolute atomic E-state index is 11.8. The molecule has 0 bridgehead atoms. The SMILES string of the molecule is O=C(Cc1ccc(Cl)cc1)N/N=C/c1ccc2ccccc2c1. The number of nitrogens with zero attached hydrogens (tertiary/aromatic N) is 1. The van der Waals surface area contributed by atoms with Crippen LogP contribution in [0.3, 0.4) is 0 Å². The Balaban J connectivity index is 1.60. The van der Waals surface area contributed by atoms with Gasteiger partial charge in [-0.05, 0) is 40.1 Å². The van der Waals surface area contributed by atoms with E-state index >= 15 is 0 Å². The first-order chi connectivity index (χ1) is 11.2. The van der Waals surface area contributed by atoms with Crippen molar-refractivity contribution in [1.29, 1.82) is 0 Å². The van der Waals surface area contributed by atoms with Crippen molar-refractivity contribution in [2.24, 2.45) is 5.10 Å². The second-order valence-corrected chi connectivity index (χ2v) is 5.64. The Labute approximate surface area is 139 Å². The van der Waals surface area contributed by atoms with Crippen LogP contribution in [0.15, 0.2) is 71.8 Å². The van der Waals surface area contributed by atoms with Crippen molar-refractivity contribution in [1.82, 2.24) is 5.43 Å². The van der Waals surface area contributed by atoms with Crippen LogP contribution in [0.1, 0.15) is 11.1 Å². The molecule has 1 N–H and O–H groups in total. The Kier molecular flexibility index (Phi) is 4.69. The number of fused-ring (bicyclic) bond motifs is 1. The second kappa shape index (κ2) is 7.07. The van der Waals surface area contributed by atoms with Crippen molar-refractivity contribution in [2.75, 3.05) is 0 Å². The molecule has 0 unspecified atom stereocenters. The summed E-state index contributed by atoms with van der Waals surface area (Å²) in [7, 11) is 0. The van der Waals surface area contributed by atoms with E-state index in [0.29, 0.717) is 5.02 Å². The molecule has 3 aromatic carbocycles. The molecule has 3 nitrogen and oxygen atoms in total. The third kappa shape index (κ3) is 4.18. The molecule has 4 heteroatoms. The van der Waals surface area contributed by atoms with E-state index in [1.165, 1.54) is 5.39 Å². The highest BCUT2D eigenvalue weighted by Crippen LogP contribution is 2.14. The van der Waals surface area contributed by atoms with Crippen LogP contribution < -0.4 is 5.43 Å². The summed E-state index contributed by atoms with van der Waals surface area (Å²) < 4.78 is 0. The number of carbonyl (C=O) groups excluding carboxylic acids is 1. The Hall–Kier alpha value is -2.65. The van der Waals surface area contributed by atoms with Gasteiger partial charge in [0.25, 0.3) is 0 Å². The van der Waals surface area contributed by atoms with Crippen LogP contribution in [0.4, 0.5) is 0 Å². The molecule has 0 spiro atoms. The molecule has 0 atom stereocenters. The predicted molar refractivity (Wildman–Crippen MR) is 94.8 cm³/mol. The lowest BCUT2D eigenvalue weighted by Gasteiger charge is -2.01. The minimum atomic E-state index is -0.163. The fraction of sp³-hybridized carbons (Fsp3) is 0.0526. The van der Waals surface area contributed by atoms with Crippen molar-refractivity contribution in [3.8, 4) is 0 Å². The van der Waals surface area contributed by atoms with E-state index in [4.69, 9.17) is 11.6 Å². The first-order valence-electron chi connectivity index (χ1n) is 7.26. The van der Waals surface area contributed by atoms with E-state index < -0.39 is 0 Å². The minimum Gasteiger partial charge on any atom is -0.273 e. The summed E-state index contributed by atoms with van der Waals surface area (Å²) in [4.78, 5) is 11.8. The second-order valence-electron chi connectivity index (χ2n) is 5.20. The van der Waals surface area contributed by atoms with E-state index in [1.54, 1.807) is 18.3 Å². The summed E-state index contributed by atoms with van der Waals surface area (Å²) in [6.45, 7) is 0. The topological polar surface area (TPSA) is 41.5 Å². The normalized spacial score (nSPS) is 11.0. The number of nitrogens with one attached hydrogen (secondary N) is 1. The Bertz CT molecular complexity index is 857. The van der Waals surface area contributed by atoms with Crippen LogP contribution in [0.5, 0.6) is 0 Å². The van der Waals surface area contributed by atoms with E-state index in [0.717, 1.165) is 16.5 Å². The van der Waals surface area contributed by atoms with Crippen molar-refractivity contribution < 1.29 is 4.79 Å². The summed E-state index contributed by atoms with van der Waals surface area (Å²) >= 11 is 5.82. The highest BCUT2D eigenvalue weighted by atomic mass is 35.5. The highest BCUT2D eigenvalue weighted by molar-refractivity contribution is 6.30. The molecule has 0 saturated heterocycles. The van der Waals surface area contributed by atoms with Crippen LogP contribution in [0, 0.1) is 0 Å². The molecule has 3 rings (SSSR count). The number of benzene rings is 3. The summed E-state index contributed by atoms with van der Waals surface area (Å²) in [5.41, 5.74) is 4.38. The molecule has 0 aliphatic carbocycles. The lowest BCUT2D eigenvalue weighted by Crippen LogP contribution is -2.19. The molecule has 0 aliphatic heterocycles. The molecule has 1 amide bonds. The largest absolute Gasteiger partial charge is 0.273 e. The molecule has 0 heterocycles. The van der Waals surface area contributed by atoms with Crippen LogP contribution >= 0.6 is 11.6 Å². The maximum atomic E-state index is 11.8. The third-order valence-electron chi connectivity index (χ3n) is 3.45. The third-order valence-corrected chi connectivity index (χ3v) is 3.71. The van der Waals surface area contributed by atoms with E-state index in [2.05, 4.69) is 16.6 Å². The van der Waals surface area contributed by atoms with E-state index in [-0.39, 0.29) is 12.3 Å². The molecule has 0 aromatic heterocycles. The number of halogens is 1. The van der Waals surface area contributed by atoms with Gasteiger partial charge in [0.15, 0.2) is 0 Å². The van der Waals surface area contributed by atoms with E-state index in [9.17, 15) is 4.79 Å². The summed E-state index contributed by atoms with van der Waals surface area (Å²) in [6, 6.07) is 21.3. The Morgan fingerprint density at radius 1 is 1.00 bits per heavy atom. The number of carbonyl (C=O) groups is 1. The Morgan fingerprint density at radius 3 is 2.52 bits per heavy atom. The smallest absolute Gasteiger partial charge is 0.244 e.